The summed E-state index contributed by atoms with van der Waals surface area (Å²) in [5, 5.41) is 12.2. The number of nitrogens with one attached hydrogen (secondary N) is 1. The van der Waals surface area contributed by atoms with Gasteiger partial charge < -0.3 is 10.4 Å². The first kappa shape index (κ1) is 15.4. The zero-order valence-corrected chi connectivity index (χ0v) is 11.7. The van der Waals surface area contributed by atoms with Gasteiger partial charge in [-0.25, -0.2) is 4.98 Å². The third-order valence-electron chi connectivity index (χ3n) is 3.38. The largest absolute Gasteiger partial charge is 0.481 e. The van der Waals surface area contributed by atoms with E-state index in [9.17, 15) is 14.7 Å². The smallest absolute Gasteiger partial charge is 0.311 e. The first-order valence-corrected chi connectivity index (χ1v) is 6.46. The molecule has 0 aliphatic heterocycles. The van der Waals surface area contributed by atoms with Crippen LogP contribution in [0.2, 0.25) is 5.15 Å². The zero-order chi connectivity index (χ0) is 14.5. The van der Waals surface area contributed by atoms with Crippen LogP contribution in [-0.4, -0.2) is 28.5 Å². The molecule has 1 amide bonds. The molecule has 1 rings (SSSR count). The summed E-state index contributed by atoms with van der Waals surface area (Å²) in [6.45, 7) is 3.69. The minimum Gasteiger partial charge on any atom is -0.481 e. The molecule has 104 valence electrons. The quantitative estimate of drug-likeness (QED) is 0.786. The molecule has 6 heteroatoms. The molecular formula is C13H17ClN2O3. The van der Waals surface area contributed by atoms with Gasteiger partial charge in [0.15, 0.2) is 0 Å². The Hall–Kier alpha value is -1.62. The number of carbonyl (C=O) groups excluding carboxylic acids is 1. The van der Waals surface area contributed by atoms with Crippen LogP contribution in [0.3, 0.4) is 0 Å². The summed E-state index contributed by atoms with van der Waals surface area (Å²) < 4.78 is 0. The predicted molar refractivity (Wildman–Crippen MR) is 72.2 cm³/mol. The number of hydrogen-bond acceptors (Lipinski definition) is 3. The van der Waals surface area contributed by atoms with E-state index in [1.54, 1.807) is 19.9 Å². The number of pyridine rings is 1. The summed E-state index contributed by atoms with van der Waals surface area (Å²) in [5.74, 6) is -1.25. The van der Waals surface area contributed by atoms with Crippen molar-refractivity contribution in [2.75, 3.05) is 6.54 Å². The number of halogens is 1. The van der Waals surface area contributed by atoms with Gasteiger partial charge in [0, 0.05) is 12.7 Å². The SMILES string of the molecule is CCC(CC)(CNC(=O)c1ccc(Cl)nc1)C(=O)O. The van der Waals surface area contributed by atoms with E-state index < -0.39 is 11.4 Å². The highest BCUT2D eigenvalue weighted by molar-refractivity contribution is 6.29. The van der Waals surface area contributed by atoms with Crippen molar-refractivity contribution in [3.63, 3.8) is 0 Å². The lowest BCUT2D eigenvalue weighted by Gasteiger charge is -2.26. The number of rotatable bonds is 6. The average molecular weight is 285 g/mol. The van der Waals surface area contributed by atoms with E-state index in [1.807, 2.05) is 0 Å². The van der Waals surface area contributed by atoms with Crippen molar-refractivity contribution in [2.45, 2.75) is 26.7 Å². The molecule has 5 nitrogen and oxygen atoms in total. The van der Waals surface area contributed by atoms with Crippen LogP contribution in [0.4, 0.5) is 0 Å². The highest BCUT2D eigenvalue weighted by Gasteiger charge is 2.35. The highest BCUT2D eigenvalue weighted by Crippen LogP contribution is 2.25. The minimum atomic E-state index is -0.921. The Balaban J connectivity index is 2.72. The number of carboxylic acid groups (broad SMARTS) is 1. The molecule has 0 aliphatic carbocycles. The molecule has 1 aromatic heterocycles. The van der Waals surface area contributed by atoms with Crippen LogP contribution >= 0.6 is 11.6 Å². The Morgan fingerprint density at radius 2 is 2.00 bits per heavy atom. The molecular weight excluding hydrogens is 268 g/mol. The van der Waals surface area contributed by atoms with Crippen LogP contribution in [0.1, 0.15) is 37.0 Å². The Kier molecular flexibility index (Phi) is 5.30. The van der Waals surface area contributed by atoms with Gasteiger partial charge in [0.05, 0.1) is 11.0 Å². The number of amides is 1. The minimum absolute atomic E-state index is 0.0940. The number of aliphatic carboxylic acids is 1. The lowest BCUT2D eigenvalue weighted by molar-refractivity contribution is -0.149. The van der Waals surface area contributed by atoms with Crippen LogP contribution in [0.15, 0.2) is 18.3 Å². The Labute approximate surface area is 117 Å². The van der Waals surface area contributed by atoms with E-state index in [0.717, 1.165) is 0 Å². The van der Waals surface area contributed by atoms with Gasteiger partial charge in [-0.3, -0.25) is 9.59 Å². The number of carboxylic acids is 1. The number of nitrogens with zero attached hydrogens (tertiary/aromatic N) is 1. The van der Waals surface area contributed by atoms with Gasteiger partial charge in [-0.2, -0.15) is 0 Å². The summed E-state index contributed by atoms with van der Waals surface area (Å²) >= 11 is 5.63. The Morgan fingerprint density at radius 3 is 2.42 bits per heavy atom. The molecule has 0 saturated carbocycles. The van der Waals surface area contributed by atoms with Gasteiger partial charge >= 0.3 is 5.97 Å². The van der Waals surface area contributed by atoms with E-state index in [1.165, 1.54) is 12.3 Å². The molecule has 0 bridgehead atoms. The highest BCUT2D eigenvalue weighted by atomic mass is 35.5. The van der Waals surface area contributed by atoms with E-state index in [0.29, 0.717) is 23.6 Å². The van der Waals surface area contributed by atoms with Crippen molar-refractivity contribution in [2.24, 2.45) is 5.41 Å². The summed E-state index contributed by atoms with van der Waals surface area (Å²) in [4.78, 5) is 27.0. The van der Waals surface area contributed by atoms with Crippen molar-refractivity contribution >= 4 is 23.5 Å². The van der Waals surface area contributed by atoms with Crippen molar-refractivity contribution in [1.29, 1.82) is 0 Å². The Morgan fingerprint density at radius 1 is 1.37 bits per heavy atom. The lowest BCUT2D eigenvalue weighted by atomic mass is 9.82. The van der Waals surface area contributed by atoms with E-state index in [-0.39, 0.29) is 12.5 Å². The Bertz CT molecular complexity index is 455. The summed E-state index contributed by atoms with van der Waals surface area (Å²) in [6.07, 6.45) is 2.27. The van der Waals surface area contributed by atoms with E-state index in [4.69, 9.17) is 11.6 Å². The number of carbonyl (C=O) groups is 2. The first-order valence-electron chi connectivity index (χ1n) is 6.08. The maximum absolute atomic E-state index is 11.9. The first-order chi connectivity index (χ1) is 8.95. The second-order valence-corrected chi connectivity index (χ2v) is 4.73. The number of hydrogen-bond donors (Lipinski definition) is 2. The predicted octanol–water partition coefficient (Wildman–Crippen LogP) is 2.36. The summed E-state index contributed by atoms with van der Waals surface area (Å²) in [6, 6.07) is 3.06. The maximum atomic E-state index is 11.9. The second kappa shape index (κ2) is 6.52. The molecule has 1 aromatic rings. The zero-order valence-electron chi connectivity index (χ0n) is 10.9. The molecule has 0 unspecified atom stereocenters. The normalized spacial score (nSPS) is 11.1. The topological polar surface area (TPSA) is 79.3 Å². The molecule has 0 aliphatic rings. The molecule has 0 atom stereocenters. The molecule has 2 N–H and O–H groups in total. The standard InChI is InChI=1S/C13H17ClN2O3/c1-3-13(4-2,12(18)19)8-16-11(17)9-5-6-10(14)15-7-9/h5-7H,3-4,8H2,1-2H3,(H,16,17)(H,18,19). The summed E-state index contributed by atoms with van der Waals surface area (Å²) in [7, 11) is 0. The van der Waals surface area contributed by atoms with Crippen molar-refractivity contribution in [3.8, 4) is 0 Å². The lowest BCUT2D eigenvalue weighted by Crippen LogP contribution is -2.42. The summed E-state index contributed by atoms with van der Waals surface area (Å²) in [5.41, 5.74) is -0.564. The van der Waals surface area contributed by atoms with Gasteiger partial charge in [-0.15, -0.1) is 0 Å². The fraction of sp³-hybridized carbons (Fsp3) is 0.462. The van der Waals surface area contributed by atoms with Crippen molar-refractivity contribution in [1.82, 2.24) is 10.3 Å². The molecule has 0 radical (unpaired) electrons. The van der Waals surface area contributed by atoms with Gasteiger partial charge in [0.1, 0.15) is 5.15 Å². The third-order valence-corrected chi connectivity index (χ3v) is 3.61. The molecule has 0 fully saturated rings. The third kappa shape index (κ3) is 3.67. The van der Waals surface area contributed by atoms with Crippen LogP contribution in [0.25, 0.3) is 0 Å². The fourth-order valence-electron chi connectivity index (χ4n) is 1.74. The van der Waals surface area contributed by atoms with Crippen LogP contribution < -0.4 is 5.32 Å². The van der Waals surface area contributed by atoms with Crippen LogP contribution in [0, 0.1) is 5.41 Å². The molecule has 0 spiro atoms. The van der Waals surface area contributed by atoms with E-state index in [2.05, 4.69) is 10.3 Å². The maximum Gasteiger partial charge on any atom is 0.311 e. The second-order valence-electron chi connectivity index (χ2n) is 4.34. The van der Waals surface area contributed by atoms with Gasteiger partial charge in [0.25, 0.3) is 5.91 Å². The van der Waals surface area contributed by atoms with Crippen molar-refractivity contribution in [3.05, 3.63) is 29.0 Å². The van der Waals surface area contributed by atoms with Crippen LogP contribution in [0.5, 0.6) is 0 Å². The molecule has 1 heterocycles. The van der Waals surface area contributed by atoms with Gasteiger partial charge in [0.2, 0.25) is 0 Å². The van der Waals surface area contributed by atoms with Crippen LogP contribution in [-0.2, 0) is 4.79 Å². The van der Waals surface area contributed by atoms with Crippen molar-refractivity contribution < 1.29 is 14.7 Å². The van der Waals surface area contributed by atoms with Gasteiger partial charge in [-0.1, -0.05) is 25.4 Å². The van der Waals surface area contributed by atoms with E-state index >= 15 is 0 Å². The van der Waals surface area contributed by atoms with Gasteiger partial charge in [-0.05, 0) is 25.0 Å². The monoisotopic (exact) mass is 284 g/mol. The molecule has 0 aromatic carbocycles. The average Bonchev–Trinajstić information content (AvgIpc) is 2.40. The molecule has 19 heavy (non-hydrogen) atoms. The number of aromatic nitrogens is 1. The molecule has 0 saturated heterocycles. The fourth-order valence-corrected chi connectivity index (χ4v) is 1.85.